The van der Waals surface area contributed by atoms with E-state index in [1.165, 1.54) is 0 Å². The first-order valence-corrected chi connectivity index (χ1v) is 7.56. The van der Waals surface area contributed by atoms with Gasteiger partial charge in [-0.25, -0.2) is 0 Å². The molecule has 5 nitrogen and oxygen atoms in total. The number of unbranched alkanes of at least 4 members (excludes halogenated alkanes) is 1. The number of amides is 2. The molecule has 1 fully saturated rings. The van der Waals surface area contributed by atoms with E-state index >= 15 is 0 Å². The van der Waals surface area contributed by atoms with Gasteiger partial charge in [-0.15, -0.1) is 0 Å². The van der Waals surface area contributed by atoms with Crippen molar-refractivity contribution >= 4 is 11.8 Å². The highest BCUT2D eigenvalue weighted by Gasteiger charge is 2.48. The summed E-state index contributed by atoms with van der Waals surface area (Å²) in [7, 11) is 1.82. The summed E-state index contributed by atoms with van der Waals surface area (Å²) in [6.45, 7) is 3.29. The first-order valence-electron chi connectivity index (χ1n) is 7.56. The normalized spacial score (nSPS) is 19.9. The first kappa shape index (κ1) is 15.5. The van der Waals surface area contributed by atoms with E-state index in [1.807, 2.05) is 25.2 Å². The molecule has 1 aromatic rings. The molecular weight excluding hydrogens is 266 g/mol. The minimum absolute atomic E-state index is 0.0390. The van der Waals surface area contributed by atoms with Crippen LogP contribution < -0.4 is 5.32 Å². The third-order valence-electron chi connectivity index (χ3n) is 3.84. The van der Waals surface area contributed by atoms with Crippen LogP contribution in [0.15, 0.2) is 24.4 Å². The molecule has 2 amide bonds. The summed E-state index contributed by atoms with van der Waals surface area (Å²) >= 11 is 0. The molecule has 5 heteroatoms. The van der Waals surface area contributed by atoms with Gasteiger partial charge in [0.2, 0.25) is 11.8 Å². The van der Waals surface area contributed by atoms with Crippen LogP contribution in [0.2, 0.25) is 0 Å². The third kappa shape index (κ3) is 4.28. The Morgan fingerprint density at radius 2 is 2.19 bits per heavy atom. The molecular formula is C16H23N3O2. The Bertz CT molecular complexity index is 490. The van der Waals surface area contributed by atoms with Crippen molar-refractivity contribution < 1.29 is 9.59 Å². The number of hydrogen-bond donors (Lipinski definition) is 1. The van der Waals surface area contributed by atoms with E-state index in [0.29, 0.717) is 13.0 Å². The highest BCUT2D eigenvalue weighted by Crippen LogP contribution is 2.40. The highest BCUT2D eigenvalue weighted by atomic mass is 16.2. The van der Waals surface area contributed by atoms with Gasteiger partial charge in [0.1, 0.15) is 0 Å². The molecule has 2 atom stereocenters. The van der Waals surface area contributed by atoms with Crippen LogP contribution in [0.4, 0.5) is 0 Å². The number of nitrogens with one attached hydrogen (secondary N) is 1. The zero-order chi connectivity index (χ0) is 15.2. The molecule has 1 heterocycles. The lowest BCUT2D eigenvalue weighted by Gasteiger charge is -2.16. The number of carbonyl (C=O) groups is 2. The van der Waals surface area contributed by atoms with Crippen LogP contribution in [-0.4, -0.2) is 35.3 Å². The van der Waals surface area contributed by atoms with Crippen molar-refractivity contribution in [1.82, 2.24) is 15.2 Å². The van der Waals surface area contributed by atoms with Crippen molar-refractivity contribution in [3.05, 3.63) is 30.1 Å². The van der Waals surface area contributed by atoms with Crippen LogP contribution in [0.3, 0.4) is 0 Å². The molecule has 0 bridgehead atoms. The van der Waals surface area contributed by atoms with E-state index in [4.69, 9.17) is 0 Å². The van der Waals surface area contributed by atoms with Gasteiger partial charge in [0.25, 0.3) is 0 Å². The zero-order valence-electron chi connectivity index (χ0n) is 12.7. The van der Waals surface area contributed by atoms with E-state index in [9.17, 15) is 9.59 Å². The lowest BCUT2D eigenvalue weighted by atomic mass is 10.2. The van der Waals surface area contributed by atoms with Gasteiger partial charge in [-0.05, 0) is 25.0 Å². The maximum Gasteiger partial charge on any atom is 0.226 e. The number of pyridine rings is 1. The Hall–Kier alpha value is -1.91. The summed E-state index contributed by atoms with van der Waals surface area (Å²) in [5, 5.41) is 2.86. The van der Waals surface area contributed by atoms with Crippen molar-refractivity contribution in [1.29, 1.82) is 0 Å². The number of nitrogens with zero attached hydrogens (tertiary/aromatic N) is 2. The number of rotatable bonds is 7. The predicted molar refractivity (Wildman–Crippen MR) is 80.2 cm³/mol. The zero-order valence-corrected chi connectivity index (χ0v) is 12.7. The topological polar surface area (TPSA) is 62.3 Å². The lowest BCUT2D eigenvalue weighted by molar-refractivity contribution is -0.133. The summed E-state index contributed by atoms with van der Waals surface area (Å²) in [5.74, 6) is -0.231. The third-order valence-corrected chi connectivity index (χ3v) is 3.84. The van der Waals surface area contributed by atoms with Crippen molar-refractivity contribution in [3.8, 4) is 0 Å². The molecule has 1 N–H and O–H groups in total. The molecule has 0 radical (unpaired) electrons. The van der Waals surface area contributed by atoms with E-state index in [2.05, 4.69) is 17.2 Å². The van der Waals surface area contributed by atoms with Crippen LogP contribution in [0.25, 0.3) is 0 Å². The summed E-state index contributed by atoms with van der Waals surface area (Å²) in [6.07, 6.45) is 4.44. The Balaban J connectivity index is 1.74. The molecule has 21 heavy (non-hydrogen) atoms. The standard InChI is InChI=1S/C16H23N3O2/c1-3-4-9-19(2)16(21)14-10-13(14)15(20)18-11-12-7-5-6-8-17-12/h5-8,13-14H,3-4,9-11H2,1-2H3,(H,18,20). The summed E-state index contributed by atoms with van der Waals surface area (Å²) in [4.78, 5) is 30.1. The van der Waals surface area contributed by atoms with Crippen LogP contribution in [0.1, 0.15) is 31.9 Å². The molecule has 114 valence electrons. The van der Waals surface area contributed by atoms with Crippen molar-refractivity contribution in [2.75, 3.05) is 13.6 Å². The van der Waals surface area contributed by atoms with Crippen LogP contribution >= 0.6 is 0 Å². The lowest BCUT2D eigenvalue weighted by Crippen LogP contribution is -2.32. The highest BCUT2D eigenvalue weighted by molar-refractivity contribution is 5.92. The fraction of sp³-hybridized carbons (Fsp3) is 0.562. The Morgan fingerprint density at radius 3 is 2.86 bits per heavy atom. The van der Waals surface area contributed by atoms with E-state index in [0.717, 1.165) is 25.1 Å². The minimum Gasteiger partial charge on any atom is -0.350 e. The van der Waals surface area contributed by atoms with Gasteiger partial charge in [0.15, 0.2) is 0 Å². The van der Waals surface area contributed by atoms with Gasteiger partial charge in [-0.3, -0.25) is 14.6 Å². The van der Waals surface area contributed by atoms with Gasteiger partial charge in [-0.2, -0.15) is 0 Å². The van der Waals surface area contributed by atoms with Gasteiger partial charge >= 0.3 is 0 Å². The average molecular weight is 289 g/mol. The fourth-order valence-corrected chi connectivity index (χ4v) is 2.36. The summed E-state index contributed by atoms with van der Waals surface area (Å²) < 4.78 is 0. The maximum atomic E-state index is 12.1. The molecule has 0 aromatic carbocycles. The Kier molecular flexibility index (Phi) is 5.31. The van der Waals surface area contributed by atoms with E-state index in [-0.39, 0.29) is 23.7 Å². The van der Waals surface area contributed by atoms with Gasteiger partial charge in [0.05, 0.1) is 24.1 Å². The molecule has 1 aliphatic carbocycles. The summed E-state index contributed by atoms with van der Waals surface area (Å²) in [6, 6.07) is 5.60. The second-order valence-corrected chi connectivity index (χ2v) is 5.60. The van der Waals surface area contributed by atoms with Crippen molar-refractivity contribution in [3.63, 3.8) is 0 Å². The van der Waals surface area contributed by atoms with Gasteiger partial charge < -0.3 is 10.2 Å². The van der Waals surface area contributed by atoms with E-state index in [1.54, 1.807) is 11.1 Å². The molecule has 0 saturated heterocycles. The van der Waals surface area contributed by atoms with Crippen molar-refractivity contribution in [2.24, 2.45) is 11.8 Å². The van der Waals surface area contributed by atoms with Gasteiger partial charge in [-0.1, -0.05) is 19.4 Å². The van der Waals surface area contributed by atoms with Gasteiger partial charge in [0, 0.05) is 19.8 Å². The second-order valence-electron chi connectivity index (χ2n) is 5.60. The number of carbonyl (C=O) groups excluding carboxylic acids is 2. The predicted octanol–water partition coefficient (Wildman–Crippen LogP) is 1.59. The number of hydrogen-bond acceptors (Lipinski definition) is 3. The Labute approximate surface area is 125 Å². The molecule has 0 spiro atoms. The summed E-state index contributed by atoms with van der Waals surface area (Å²) in [5.41, 5.74) is 0.828. The van der Waals surface area contributed by atoms with Crippen LogP contribution in [0.5, 0.6) is 0 Å². The molecule has 2 unspecified atom stereocenters. The van der Waals surface area contributed by atoms with Crippen LogP contribution in [0, 0.1) is 11.8 Å². The number of aromatic nitrogens is 1. The van der Waals surface area contributed by atoms with E-state index < -0.39 is 0 Å². The van der Waals surface area contributed by atoms with Crippen molar-refractivity contribution in [2.45, 2.75) is 32.7 Å². The SMILES string of the molecule is CCCCN(C)C(=O)C1CC1C(=O)NCc1ccccn1. The Morgan fingerprint density at radius 1 is 1.38 bits per heavy atom. The molecule has 1 saturated carbocycles. The monoisotopic (exact) mass is 289 g/mol. The first-order chi connectivity index (χ1) is 10.1. The fourth-order valence-electron chi connectivity index (χ4n) is 2.36. The smallest absolute Gasteiger partial charge is 0.226 e. The quantitative estimate of drug-likeness (QED) is 0.829. The second kappa shape index (κ2) is 7.20. The largest absolute Gasteiger partial charge is 0.350 e. The minimum atomic E-state index is -0.162. The average Bonchev–Trinajstić information content (AvgIpc) is 3.31. The molecule has 0 aliphatic heterocycles. The molecule has 1 aliphatic rings. The molecule has 2 rings (SSSR count). The molecule has 1 aromatic heterocycles. The van der Waals surface area contributed by atoms with Crippen LogP contribution in [-0.2, 0) is 16.1 Å². The maximum absolute atomic E-state index is 12.1.